The Labute approximate surface area is 169 Å². The SMILES string of the molecule is O=C(CCN1CCCC1)Nc1cc(-c2ccccn2)cn(-c2ccccc2)c1=O. The van der Waals surface area contributed by atoms with E-state index in [2.05, 4.69) is 15.2 Å². The number of anilines is 1. The first-order valence-corrected chi connectivity index (χ1v) is 9.96. The summed E-state index contributed by atoms with van der Waals surface area (Å²) in [5.41, 5.74) is 2.25. The lowest BCUT2D eigenvalue weighted by molar-refractivity contribution is -0.116. The van der Waals surface area contributed by atoms with E-state index in [0.29, 0.717) is 6.42 Å². The van der Waals surface area contributed by atoms with Crippen LogP contribution in [0.1, 0.15) is 19.3 Å². The highest BCUT2D eigenvalue weighted by molar-refractivity contribution is 5.91. The zero-order valence-corrected chi connectivity index (χ0v) is 16.3. The molecule has 2 aromatic heterocycles. The van der Waals surface area contributed by atoms with Crippen LogP contribution < -0.4 is 10.9 Å². The molecule has 0 atom stereocenters. The van der Waals surface area contributed by atoms with Gasteiger partial charge in [-0.3, -0.25) is 19.1 Å². The molecule has 6 heteroatoms. The van der Waals surface area contributed by atoms with Crippen molar-refractivity contribution in [2.45, 2.75) is 19.3 Å². The summed E-state index contributed by atoms with van der Waals surface area (Å²) in [4.78, 5) is 32.3. The molecular formula is C23H24N4O2. The minimum Gasteiger partial charge on any atom is -0.321 e. The number of nitrogens with one attached hydrogen (secondary N) is 1. The number of para-hydroxylation sites is 1. The number of nitrogens with zero attached hydrogens (tertiary/aromatic N) is 3. The van der Waals surface area contributed by atoms with Gasteiger partial charge in [0.05, 0.1) is 5.69 Å². The minimum absolute atomic E-state index is 0.146. The van der Waals surface area contributed by atoms with Gasteiger partial charge in [-0.2, -0.15) is 0 Å². The summed E-state index contributed by atoms with van der Waals surface area (Å²) < 4.78 is 1.56. The predicted octanol–water partition coefficient (Wildman–Crippen LogP) is 3.32. The lowest BCUT2D eigenvalue weighted by Crippen LogP contribution is -2.28. The number of hydrogen-bond donors (Lipinski definition) is 1. The van der Waals surface area contributed by atoms with Crippen LogP contribution in [0.25, 0.3) is 16.9 Å². The maximum Gasteiger partial charge on any atom is 0.278 e. The summed E-state index contributed by atoms with van der Waals surface area (Å²) in [6.45, 7) is 2.81. The van der Waals surface area contributed by atoms with Gasteiger partial charge in [0.2, 0.25) is 5.91 Å². The quantitative estimate of drug-likeness (QED) is 0.703. The van der Waals surface area contributed by atoms with Crippen LogP contribution in [0.2, 0.25) is 0 Å². The topological polar surface area (TPSA) is 67.2 Å². The summed E-state index contributed by atoms with van der Waals surface area (Å²) in [5, 5.41) is 2.83. The normalized spacial score (nSPS) is 14.1. The van der Waals surface area contributed by atoms with Crippen molar-refractivity contribution in [3.63, 3.8) is 0 Å². The van der Waals surface area contributed by atoms with Gasteiger partial charge < -0.3 is 10.2 Å². The number of benzene rings is 1. The van der Waals surface area contributed by atoms with E-state index in [-0.39, 0.29) is 17.2 Å². The molecular weight excluding hydrogens is 364 g/mol. The van der Waals surface area contributed by atoms with Crippen molar-refractivity contribution in [1.82, 2.24) is 14.5 Å². The summed E-state index contributed by atoms with van der Waals surface area (Å²) in [5.74, 6) is -0.146. The fourth-order valence-electron chi connectivity index (χ4n) is 3.60. The van der Waals surface area contributed by atoms with Gasteiger partial charge in [0.25, 0.3) is 5.56 Å². The number of carbonyl (C=O) groups excluding carboxylic acids is 1. The zero-order valence-electron chi connectivity index (χ0n) is 16.3. The molecule has 1 aromatic carbocycles. The maximum atomic E-state index is 13.1. The number of likely N-dealkylation sites (tertiary alicyclic amines) is 1. The Morgan fingerprint density at radius 3 is 2.52 bits per heavy atom. The summed E-state index contributed by atoms with van der Waals surface area (Å²) in [6.07, 6.45) is 6.23. The Morgan fingerprint density at radius 1 is 1.03 bits per heavy atom. The molecule has 4 rings (SSSR count). The molecule has 1 aliphatic rings. The summed E-state index contributed by atoms with van der Waals surface area (Å²) >= 11 is 0. The van der Waals surface area contributed by atoms with Crippen molar-refractivity contribution < 1.29 is 4.79 Å². The highest BCUT2D eigenvalue weighted by Crippen LogP contribution is 2.20. The van der Waals surface area contributed by atoms with Gasteiger partial charge in [0.15, 0.2) is 0 Å². The molecule has 3 heterocycles. The van der Waals surface area contributed by atoms with Gasteiger partial charge in [0.1, 0.15) is 5.69 Å². The van der Waals surface area contributed by atoms with Gasteiger partial charge in [-0.25, -0.2) is 0 Å². The van der Waals surface area contributed by atoms with Crippen LogP contribution in [0.5, 0.6) is 0 Å². The monoisotopic (exact) mass is 388 g/mol. The predicted molar refractivity (Wildman–Crippen MR) is 114 cm³/mol. The Bertz CT molecular complexity index is 1030. The van der Waals surface area contributed by atoms with E-state index in [1.54, 1.807) is 23.0 Å². The van der Waals surface area contributed by atoms with E-state index >= 15 is 0 Å². The Kier molecular flexibility index (Phi) is 5.81. The molecule has 0 radical (unpaired) electrons. The van der Waals surface area contributed by atoms with E-state index in [4.69, 9.17) is 0 Å². The van der Waals surface area contributed by atoms with Crippen LogP contribution in [-0.2, 0) is 4.79 Å². The molecule has 3 aromatic rings. The average molecular weight is 388 g/mol. The van der Waals surface area contributed by atoms with E-state index in [1.165, 1.54) is 12.8 Å². The van der Waals surface area contributed by atoms with E-state index in [1.807, 2.05) is 48.5 Å². The molecule has 0 unspecified atom stereocenters. The molecule has 1 saturated heterocycles. The van der Waals surface area contributed by atoms with Crippen molar-refractivity contribution in [3.05, 3.63) is 77.3 Å². The minimum atomic E-state index is -0.259. The first-order valence-electron chi connectivity index (χ1n) is 9.96. The highest BCUT2D eigenvalue weighted by atomic mass is 16.2. The largest absolute Gasteiger partial charge is 0.321 e. The van der Waals surface area contributed by atoms with Crippen molar-refractivity contribution in [2.75, 3.05) is 25.0 Å². The molecule has 0 aliphatic carbocycles. The average Bonchev–Trinajstić information content (AvgIpc) is 3.29. The zero-order chi connectivity index (χ0) is 20.1. The van der Waals surface area contributed by atoms with Crippen LogP contribution >= 0.6 is 0 Å². The third-order valence-electron chi connectivity index (χ3n) is 5.14. The van der Waals surface area contributed by atoms with Crippen molar-refractivity contribution in [1.29, 1.82) is 0 Å². The molecule has 0 saturated carbocycles. The van der Waals surface area contributed by atoms with Crippen LogP contribution in [0.15, 0.2) is 71.8 Å². The van der Waals surface area contributed by atoms with E-state index in [9.17, 15) is 9.59 Å². The standard InChI is InChI=1S/C23H24N4O2/c28-22(11-15-26-13-6-7-14-26)25-21-16-18(20-10-4-5-12-24-20)17-27(23(21)29)19-8-2-1-3-9-19/h1-5,8-10,12,16-17H,6-7,11,13-15H2,(H,25,28). The molecule has 1 amide bonds. The second kappa shape index (κ2) is 8.84. The lowest BCUT2D eigenvalue weighted by Gasteiger charge is -2.15. The van der Waals surface area contributed by atoms with Crippen LogP contribution in [0, 0.1) is 0 Å². The number of pyridine rings is 2. The summed E-state index contributed by atoms with van der Waals surface area (Å²) in [6, 6.07) is 16.7. The third kappa shape index (κ3) is 4.60. The fraction of sp³-hybridized carbons (Fsp3) is 0.261. The number of aromatic nitrogens is 2. The molecule has 1 N–H and O–H groups in total. The number of amides is 1. The van der Waals surface area contributed by atoms with Gasteiger partial charge in [-0.05, 0) is 56.3 Å². The van der Waals surface area contributed by atoms with Gasteiger partial charge in [-0.1, -0.05) is 24.3 Å². The second-order valence-corrected chi connectivity index (χ2v) is 7.22. The van der Waals surface area contributed by atoms with E-state index < -0.39 is 0 Å². The number of carbonyl (C=O) groups is 1. The smallest absolute Gasteiger partial charge is 0.278 e. The van der Waals surface area contributed by atoms with Crippen molar-refractivity contribution in [3.8, 4) is 16.9 Å². The molecule has 1 aliphatic heterocycles. The van der Waals surface area contributed by atoms with Gasteiger partial charge in [-0.15, -0.1) is 0 Å². The van der Waals surface area contributed by atoms with Crippen LogP contribution in [0.3, 0.4) is 0 Å². The molecule has 6 nitrogen and oxygen atoms in total. The van der Waals surface area contributed by atoms with Gasteiger partial charge in [0, 0.05) is 36.6 Å². The van der Waals surface area contributed by atoms with Crippen LogP contribution in [-0.4, -0.2) is 40.0 Å². The third-order valence-corrected chi connectivity index (χ3v) is 5.14. The lowest BCUT2D eigenvalue weighted by atomic mass is 10.1. The molecule has 148 valence electrons. The Morgan fingerprint density at radius 2 is 1.79 bits per heavy atom. The first kappa shape index (κ1) is 19.1. The Balaban J connectivity index is 1.64. The van der Waals surface area contributed by atoms with Gasteiger partial charge >= 0.3 is 0 Å². The molecule has 29 heavy (non-hydrogen) atoms. The molecule has 0 bridgehead atoms. The summed E-state index contributed by atoms with van der Waals surface area (Å²) in [7, 11) is 0. The maximum absolute atomic E-state index is 13.1. The number of rotatable bonds is 6. The molecule has 1 fully saturated rings. The molecule has 0 spiro atoms. The fourth-order valence-corrected chi connectivity index (χ4v) is 3.60. The first-order chi connectivity index (χ1) is 14.2. The van der Waals surface area contributed by atoms with Crippen LogP contribution in [0.4, 0.5) is 5.69 Å². The number of hydrogen-bond acceptors (Lipinski definition) is 4. The second-order valence-electron chi connectivity index (χ2n) is 7.22. The Hall–Kier alpha value is -3.25. The highest BCUT2D eigenvalue weighted by Gasteiger charge is 2.15. The van der Waals surface area contributed by atoms with Crippen molar-refractivity contribution in [2.24, 2.45) is 0 Å². The van der Waals surface area contributed by atoms with Crippen molar-refractivity contribution >= 4 is 11.6 Å². The van der Waals surface area contributed by atoms with E-state index in [0.717, 1.165) is 36.6 Å².